The molecule has 1 atom stereocenters. The first-order chi connectivity index (χ1) is 9.31. The van der Waals surface area contributed by atoms with E-state index in [2.05, 4.69) is 17.1 Å². The van der Waals surface area contributed by atoms with E-state index in [1.54, 1.807) is 0 Å². The van der Waals surface area contributed by atoms with E-state index < -0.39 is 0 Å². The van der Waals surface area contributed by atoms with Gasteiger partial charge in [0.2, 0.25) is 5.91 Å². The lowest BCUT2D eigenvalue weighted by atomic mass is 9.97. The molecule has 0 bridgehead atoms. The van der Waals surface area contributed by atoms with Crippen molar-refractivity contribution in [3.05, 3.63) is 0 Å². The van der Waals surface area contributed by atoms with Crippen molar-refractivity contribution in [1.82, 2.24) is 10.2 Å². The molecule has 0 aromatic heterocycles. The van der Waals surface area contributed by atoms with Crippen LogP contribution in [0.4, 0.5) is 0 Å². The van der Waals surface area contributed by atoms with Crippen LogP contribution in [0, 0.1) is 5.92 Å². The number of hydrogen-bond donors (Lipinski definition) is 1. The van der Waals surface area contributed by atoms with Crippen molar-refractivity contribution in [1.29, 1.82) is 0 Å². The molecule has 2 aliphatic heterocycles. The van der Waals surface area contributed by atoms with Crippen LogP contribution in [0.15, 0.2) is 0 Å². The van der Waals surface area contributed by atoms with Gasteiger partial charge in [-0.2, -0.15) is 11.8 Å². The molecule has 2 rings (SSSR count). The molecule has 110 valence electrons. The highest BCUT2D eigenvalue weighted by Crippen LogP contribution is 2.26. The van der Waals surface area contributed by atoms with E-state index in [0.717, 1.165) is 32.5 Å². The third-order valence-corrected chi connectivity index (χ3v) is 5.35. The minimum Gasteiger partial charge on any atom is -0.338 e. The summed E-state index contributed by atoms with van der Waals surface area (Å²) in [4.78, 5) is 14.8. The number of rotatable bonds is 5. The highest BCUT2D eigenvalue weighted by Gasteiger charge is 2.27. The fraction of sp³-hybridized carbons (Fsp3) is 0.933. The Kier molecular flexibility index (Phi) is 6.51. The highest BCUT2D eigenvalue weighted by molar-refractivity contribution is 7.99. The largest absolute Gasteiger partial charge is 0.338 e. The number of amides is 1. The Balaban J connectivity index is 1.87. The van der Waals surface area contributed by atoms with E-state index in [4.69, 9.17) is 0 Å². The van der Waals surface area contributed by atoms with Gasteiger partial charge in [0, 0.05) is 25.6 Å². The molecule has 0 aromatic rings. The Labute approximate surface area is 121 Å². The number of thioether (sulfide) groups is 1. The van der Waals surface area contributed by atoms with Gasteiger partial charge in [0.15, 0.2) is 0 Å². The summed E-state index contributed by atoms with van der Waals surface area (Å²) < 4.78 is 0. The minimum atomic E-state index is 0.410. The van der Waals surface area contributed by atoms with Gasteiger partial charge in [0.25, 0.3) is 0 Å². The van der Waals surface area contributed by atoms with Gasteiger partial charge in [-0.25, -0.2) is 0 Å². The molecule has 0 spiro atoms. The summed E-state index contributed by atoms with van der Waals surface area (Å²) in [5, 5.41) is 3.44. The minimum absolute atomic E-state index is 0.410. The zero-order chi connectivity index (χ0) is 13.5. The summed E-state index contributed by atoms with van der Waals surface area (Å²) >= 11 is 2.04. The van der Waals surface area contributed by atoms with E-state index in [1.807, 2.05) is 11.8 Å². The predicted molar refractivity (Wildman–Crippen MR) is 82.6 cm³/mol. The molecule has 2 heterocycles. The second-order valence-electron chi connectivity index (χ2n) is 5.85. The normalized spacial score (nSPS) is 25.2. The van der Waals surface area contributed by atoms with E-state index in [9.17, 15) is 4.79 Å². The van der Waals surface area contributed by atoms with Crippen LogP contribution in [0.1, 0.15) is 45.4 Å². The van der Waals surface area contributed by atoms with Crippen LogP contribution >= 0.6 is 11.8 Å². The number of piperidine rings is 1. The molecule has 1 amide bonds. The molecule has 2 aliphatic rings. The maximum atomic E-state index is 12.6. The fourth-order valence-corrected chi connectivity index (χ4v) is 4.37. The van der Waals surface area contributed by atoms with Gasteiger partial charge in [-0.15, -0.1) is 0 Å². The van der Waals surface area contributed by atoms with Gasteiger partial charge in [-0.05, 0) is 56.1 Å². The van der Waals surface area contributed by atoms with Crippen LogP contribution in [0.5, 0.6) is 0 Å². The van der Waals surface area contributed by atoms with Crippen molar-refractivity contribution < 1.29 is 4.79 Å². The fourth-order valence-electron chi connectivity index (χ4n) is 3.17. The molecule has 0 saturated carbocycles. The van der Waals surface area contributed by atoms with Crippen LogP contribution in [0.25, 0.3) is 0 Å². The highest BCUT2D eigenvalue weighted by atomic mass is 32.2. The summed E-state index contributed by atoms with van der Waals surface area (Å²) in [6.07, 6.45) is 6.72. The standard InChI is InChI=1S/C15H28N2OS/c1-2-8-17(14-4-3-7-16-12-14)15(18)11-13-5-9-19-10-6-13/h13-14,16H,2-12H2,1H3. The molecular weight excluding hydrogens is 256 g/mol. The summed E-state index contributed by atoms with van der Waals surface area (Å²) in [7, 11) is 0. The Bertz CT molecular complexity index is 273. The third-order valence-electron chi connectivity index (χ3n) is 4.30. The Hall–Kier alpha value is -0.220. The summed E-state index contributed by atoms with van der Waals surface area (Å²) in [5.41, 5.74) is 0. The second-order valence-corrected chi connectivity index (χ2v) is 7.07. The average molecular weight is 284 g/mol. The molecule has 0 aromatic carbocycles. The number of nitrogens with zero attached hydrogens (tertiary/aromatic N) is 1. The molecule has 2 saturated heterocycles. The molecule has 0 radical (unpaired) electrons. The van der Waals surface area contributed by atoms with E-state index >= 15 is 0 Å². The van der Waals surface area contributed by atoms with Crippen molar-refractivity contribution >= 4 is 17.7 Å². The summed E-state index contributed by atoms with van der Waals surface area (Å²) in [6, 6.07) is 0.444. The zero-order valence-corrected chi connectivity index (χ0v) is 13.0. The van der Waals surface area contributed by atoms with Gasteiger partial charge in [-0.1, -0.05) is 6.92 Å². The quantitative estimate of drug-likeness (QED) is 0.842. The lowest BCUT2D eigenvalue weighted by Crippen LogP contribution is -2.49. The number of hydrogen-bond acceptors (Lipinski definition) is 3. The van der Waals surface area contributed by atoms with Gasteiger partial charge in [-0.3, -0.25) is 4.79 Å². The third kappa shape index (κ3) is 4.67. The molecule has 19 heavy (non-hydrogen) atoms. The summed E-state index contributed by atoms with van der Waals surface area (Å²) in [6.45, 7) is 5.22. The van der Waals surface area contributed by atoms with E-state index in [1.165, 1.54) is 37.2 Å². The topological polar surface area (TPSA) is 32.3 Å². The van der Waals surface area contributed by atoms with Gasteiger partial charge in [0.1, 0.15) is 0 Å². The van der Waals surface area contributed by atoms with Crippen LogP contribution in [-0.2, 0) is 4.79 Å². The van der Waals surface area contributed by atoms with Gasteiger partial charge in [0.05, 0.1) is 0 Å². The summed E-state index contributed by atoms with van der Waals surface area (Å²) in [5.74, 6) is 3.55. The molecule has 1 N–H and O–H groups in total. The first-order valence-corrected chi connectivity index (χ1v) is 9.04. The smallest absolute Gasteiger partial charge is 0.223 e. The first kappa shape index (κ1) is 15.2. The SMILES string of the molecule is CCCN(C(=O)CC1CCSCC1)C1CCCNC1. The maximum absolute atomic E-state index is 12.6. The number of carbonyl (C=O) groups excluding carboxylic acids is 1. The molecule has 1 unspecified atom stereocenters. The molecule has 4 heteroatoms. The van der Waals surface area contributed by atoms with Crippen LogP contribution in [-0.4, -0.2) is 48.0 Å². The average Bonchev–Trinajstić information content (AvgIpc) is 2.46. The van der Waals surface area contributed by atoms with Gasteiger partial charge >= 0.3 is 0 Å². The van der Waals surface area contributed by atoms with Crippen molar-refractivity contribution in [3.63, 3.8) is 0 Å². The molecule has 2 fully saturated rings. The second kappa shape index (κ2) is 8.15. The van der Waals surface area contributed by atoms with Crippen molar-refractivity contribution in [2.45, 2.75) is 51.5 Å². The lowest BCUT2D eigenvalue weighted by Gasteiger charge is -2.36. The number of nitrogens with one attached hydrogen (secondary N) is 1. The van der Waals surface area contributed by atoms with Crippen LogP contribution < -0.4 is 5.32 Å². The van der Waals surface area contributed by atoms with Crippen LogP contribution in [0.2, 0.25) is 0 Å². The zero-order valence-electron chi connectivity index (χ0n) is 12.2. The molecule has 0 aliphatic carbocycles. The van der Waals surface area contributed by atoms with Crippen molar-refractivity contribution in [2.24, 2.45) is 5.92 Å². The van der Waals surface area contributed by atoms with E-state index in [0.29, 0.717) is 17.9 Å². The predicted octanol–water partition coefficient (Wildman–Crippen LogP) is 2.51. The Morgan fingerprint density at radius 3 is 2.74 bits per heavy atom. The van der Waals surface area contributed by atoms with Gasteiger partial charge < -0.3 is 10.2 Å². The number of carbonyl (C=O) groups is 1. The monoisotopic (exact) mass is 284 g/mol. The van der Waals surface area contributed by atoms with Crippen molar-refractivity contribution in [2.75, 3.05) is 31.1 Å². The van der Waals surface area contributed by atoms with Crippen LogP contribution in [0.3, 0.4) is 0 Å². The Morgan fingerprint density at radius 2 is 2.11 bits per heavy atom. The van der Waals surface area contributed by atoms with E-state index in [-0.39, 0.29) is 0 Å². The lowest BCUT2D eigenvalue weighted by molar-refractivity contribution is -0.135. The van der Waals surface area contributed by atoms with Crippen molar-refractivity contribution in [3.8, 4) is 0 Å². The molecular formula is C15H28N2OS. The maximum Gasteiger partial charge on any atom is 0.223 e. The first-order valence-electron chi connectivity index (χ1n) is 7.89. The molecule has 3 nitrogen and oxygen atoms in total. The Morgan fingerprint density at radius 1 is 1.32 bits per heavy atom.